The molecule has 6 heteroatoms. The van der Waals surface area contributed by atoms with E-state index < -0.39 is 12.2 Å². The Labute approximate surface area is 187 Å². The molecule has 4 rings (SSSR count). The number of carbonyl (C=O) groups excluding carboxylic acids is 2. The fourth-order valence-corrected chi connectivity index (χ4v) is 3.58. The molecule has 0 bridgehead atoms. The van der Waals surface area contributed by atoms with E-state index in [0.717, 1.165) is 16.7 Å². The summed E-state index contributed by atoms with van der Waals surface area (Å²) >= 11 is 0. The van der Waals surface area contributed by atoms with Crippen LogP contribution in [0.4, 0.5) is 0 Å². The molecule has 0 spiro atoms. The average Bonchev–Trinajstić information content (AvgIpc) is 3.06. The number of ether oxygens (including phenoxy) is 3. The van der Waals surface area contributed by atoms with E-state index in [9.17, 15) is 9.59 Å². The summed E-state index contributed by atoms with van der Waals surface area (Å²) in [4.78, 5) is 27.5. The SMILES string of the molecule is COc1ccc(CN2C(=O)[C@H](OCc3ccccc3)[C@@H](OCc3ccccc3)C2=O)cc1. The Balaban J connectivity index is 1.50. The van der Waals surface area contributed by atoms with Crippen LogP contribution in [0.1, 0.15) is 16.7 Å². The van der Waals surface area contributed by atoms with E-state index in [0.29, 0.717) is 5.75 Å². The van der Waals surface area contributed by atoms with Crippen molar-refractivity contribution >= 4 is 11.8 Å². The Hall–Kier alpha value is -3.48. The van der Waals surface area contributed by atoms with Gasteiger partial charge in [0.25, 0.3) is 11.8 Å². The summed E-state index contributed by atoms with van der Waals surface area (Å²) in [6, 6.07) is 26.3. The van der Waals surface area contributed by atoms with Gasteiger partial charge >= 0.3 is 0 Å². The van der Waals surface area contributed by atoms with Gasteiger partial charge in [-0.1, -0.05) is 72.8 Å². The highest BCUT2D eigenvalue weighted by molar-refractivity contribution is 6.08. The Morgan fingerprint density at radius 2 is 1.12 bits per heavy atom. The standard InChI is InChI=1S/C26H25NO5/c1-30-22-14-12-19(13-15-22)16-27-25(28)23(31-17-20-8-4-2-5-9-20)24(26(27)29)32-18-21-10-6-3-7-11-21/h2-15,23-24H,16-18H2,1H3/t23-,24-/m1/s1. The fraction of sp³-hybridized carbons (Fsp3) is 0.231. The Bertz CT molecular complexity index is 975. The van der Waals surface area contributed by atoms with Gasteiger partial charge in [0.15, 0.2) is 12.2 Å². The van der Waals surface area contributed by atoms with Crippen molar-refractivity contribution in [3.8, 4) is 5.75 Å². The van der Waals surface area contributed by atoms with Crippen LogP contribution in [0.25, 0.3) is 0 Å². The number of amides is 2. The smallest absolute Gasteiger partial charge is 0.261 e. The number of rotatable bonds is 9. The van der Waals surface area contributed by atoms with Gasteiger partial charge in [0.05, 0.1) is 26.9 Å². The first-order valence-corrected chi connectivity index (χ1v) is 10.4. The second-order valence-corrected chi connectivity index (χ2v) is 7.55. The van der Waals surface area contributed by atoms with Crippen molar-refractivity contribution in [1.82, 2.24) is 4.90 Å². The van der Waals surface area contributed by atoms with Crippen LogP contribution in [-0.4, -0.2) is 36.0 Å². The van der Waals surface area contributed by atoms with Crippen molar-refractivity contribution in [2.75, 3.05) is 7.11 Å². The molecule has 164 valence electrons. The Morgan fingerprint density at radius 1 is 0.656 bits per heavy atom. The van der Waals surface area contributed by atoms with Gasteiger partial charge in [0, 0.05) is 0 Å². The average molecular weight is 431 g/mol. The van der Waals surface area contributed by atoms with Gasteiger partial charge < -0.3 is 14.2 Å². The molecule has 0 aromatic heterocycles. The molecule has 6 nitrogen and oxygen atoms in total. The molecular weight excluding hydrogens is 406 g/mol. The molecular formula is C26H25NO5. The van der Waals surface area contributed by atoms with Crippen LogP contribution in [0.3, 0.4) is 0 Å². The van der Waals surface area contributed by atoms with Gasteiger partial charge in [-0.05, 0) is 28.8 Å². The summed E-state index contributed by atoms with van der Waals surface area (Å²) in [6.07, 6.45) is -1.99. The first kappa shape index (κ1) is 21.7. The van der Waals surface area contributed by atoms with Gasteiger partial charge in [0.1, 0.15) is 5.75 Å². The topological polar surface area (TPSA) is 65.1 Å². The van der Waals surface area contributed by atoms with Gasteiger partial charge in [-0.3, -0.25) is 14.5 Å². The lowest BCUT2D eigenvalue weighted by Gasteiger charge is -2.17. The van der Waals surface area contributed by atoms with Crippen LogP contribution in [0.2, 0.25) is 0 Å². The van der Waals surface area contributed by atoms with E-state index in [-0.39, 0.29) is 31.6 Å². The highest BCUT2D eigenvalue weighted by Gasteiger charge is 2.49. The van der Waals surface area contributed by atoms with E-state index in [1.54, 1.807) is 19.2 Å². The van der Waals surface area contributed by atoms with Crippen molar-refractivity contribution in [2.24, 2.45) is 0 Å². The lowest BCUT2D eigenvalue weighted by Crippen LogP contribution is -2.34. The number of likely N-dealkylation sites (tertiary alicyclic amines) is 1. The third kappa shape index (κ3) is 5.04. The maximum Gasteiger partial charge on any atom is 0.261 e. The minimum absolute atomic E-state index is 0.151. The molecule has 1 heterocycles. The van der Waals surface area contributed by atoms with Crippen LogP contribution < -0.4 is 4.74 Å². The molecule has 0 aliphatic carbocycles. The Morgan fingerprint density at radius 3 is 1.56 bits per heavy atom. The van der Waals surface area contributed by atoms with Crippen LogP contribution in [0, 0.1) is 0 Å². The molecule has 0 N–H and O–H groups in total. The Kier molecular flexibility index (Phi) is 6.94. The largest absolute Gasteiger partial charge is 0.497 e. The number of hydrogen-bond acceptors (Lipinski definition) is 5. The fourth-order valence-electron chi connectivity index (χ4n) is 3.58. The molecule has 2 amide bonds. The summed E-state index contributed by atoms with van der Waals surface area (Å²) in [7, 11) is 1.59. The first-order chi connectivity index (χ1) is 15.7. The molecule has 1 saturated heterocycles. The number of hydrogen-bond donors (Lipinski definition) is 0. The summed E-state index contributed by atoms with van der Waals surface area (Å²) in [6.45, 7) is 0.580. The van der Waals surface area contributed by atoms with Crippen LogP contribution in [0.5, 0.6) is 5.75 Å². The number of nitrogens with zero attached hydrogens (tertiary/aromatic N) is 1. The van der Waals surface area contributed by atoms with E-state index in [1.807, 2.05) is 72.8 Å². The molecule has 0 unspecified atom stereocenters. The zero-order valence-corrected chi connectivity index (χ0v) is 17.8. The highest BCUT2D eigenvalue weighted by atomic mass is 16.6. The lowest BCUT2D eigenvalue weighted by molar-refractivity contribution is -0.143. The second kappa shape index (κ2) is 10.2. The molecule has 2 atom stereocenters. The quantitative estimate of drug-likeness (QED) is 0.483. The minimum Gasteiger partial charge on any atom is -0.497 e. The van der Waals surface area contributed by atoms with Crippen LogP contribution in [-0.2, 0) is 38.8 Å². The molecule has 3 aromatic carbocycles. The van der Waals surface area contributed by atoms with Gasteiger partial charge in [0.2, 0.25) is 0 Å². The molecule has 1 aliphatic heterocycles. The van der Waals surface area contributed by atoms with Gasteiger partial charge in [-0.25, -0.2) is 0 Å². The molecule has 0 saturated carbocycles. The van der Waals surface area contributed by atoms with Gasteiger partial charge in [-0.15, -0.1) is 0 Å². The number of carbonyl (C=O) groups is 2. The van der Waals surface area contributed by atoms with Crippen molar-refractivity contribution in [1.29, 1.82) is 0 Å². The monoisotopic (exact) mass is 431 g/mol. The molecule has 1 fully saturated rings. The van der Waals surface area contributed by atoms with Crippen molar-refractivity contribution in [3.63, 3.8) is 0 Å². The van der Waals surface area contributed by atoms with Crippen LogP contribution >= 0.6 is 0 Å². The second-order valence-electron chi connectivity index (χ2n) is 7.55. The predicted octanol–water partition coefficient (Wildman–Crippen LogP) is 3.73. The summed E-state index contributed by atoms with van der Waals surface area (Å²) in [5.41, 5.74) is 2.66. The highest BCUT2D eigenvalue weighted by Crippen LogP contribution is 2.25. The lowest BCUT2D eigenvalue weighted by atomic mass is 10.2. The zero-order chi connectivity index (χ0) is 22.3. The van der Waals surface area contributed by atoms with Crippen molar-refractivity contribution in [2.45, 2.75) is 32.0 Å². The van der Waals surface area contributed by atoms with E-state index in [2.05, 4.69) is 0 Å². The van der Waals surface area contributed by atoms with Crippen LogP contribution in [0.15, 0.2) is 84.9 Å². The number of methoxy groups -OCH3 is 1. The number of benzene rings is 3. The maximum absolute atomic E-state index is 13.2. The maximum atomic E-state index is 13.2. The van der Waals surface area contributed by atoms with Crippen molar-refractivity contribution < 1.29 is 23.8 Å². The number of imide groups is 1. The normalized spacial score (nSPS) is 18.2. The summed E-state index contributed by atoms with van der Waals surface area (Å²) in [5, 5.41) is 0. The van der Waals surface area contributed by atoms with E-state index in [4.69, 9.17) is 14.2 Å². The molecule has 3 aromatic rings. The third-order valence-electron chi connectivity index (χ3n) is 5.34. The van der Waals surface area contributed by atoms with Crippen molar-refractivity contribution in [3.05, 3.63) is 102 Å². The summed E-state index contributed by atoms with van der Waals surface area (Å²) in [5.74, 6) is -0.0689. The predicted molar refractivity (Wildman–Crippen MR) is 119 cm³/mol. The third-order valence-corrected chi connectivity index (χ3v) is 5.34. The molecule has 0 radical (unpaired) electrons. The summed E-state index contributed by atoms with van der Waals surface area (Å²) < 4.78 is 17.0. The zero-order valence-electron chi connectivity index (χ0n) is 17.8. The van der Waals surface area contributed by atoms with Gasteiger partial charge in [-0.2, -0.15) is 0 Å². The molecule has 32 heavy (non-hydrogen) atoms. The molecule has 1 aliphatic rings. The van der Waals surface area contributed by atoms with E-state index in [1.165, 1.54) is 4.90 Å². The first-order valence-electron chi connectivity index (χ1n) is 10.4. The minimum atomic E-state index is -0.996. The van der Waals surface area contributed by atoms with E-state index >= 15 is 0 Å².